The molecule has 1 aliphatic rings. The summed E-state index contributed by atoms with van der Waals surface area (Å²) >= 11 is 0. The second kappa shape index (κ2) is 5.11. The van der Waals surface area contributed by atoms with E-state index in [1.165, 1.54) is 5.56 Å². The molecule has 19 heavy (non-hydrogen) atoms. The number of carbonyl (C=O) groups is 1. The number of carboxylic acids is 1. The lowest BCUT2D eigenvalue weighted by atomic mass is 9.86. The van der Waals surface area contributed by atoms with E-state index in [1.807, 2.05) is 11.0 Å². The SMILES string of the molecule is CC(C)(C)c1ccc2c(c1)NCCCN2CC(=O)O. The van der Waals surface area contributed by atoms with Crippen LogP contribution in [0.4, 0.5) is 11.4 Å². The minimum absolute atomic E-state index is 0.0591. The van der Waals surface area contributed by atoms with Crippen molar-refractivity contribution >= 4 is 17.3 Å². The minimum Gasteiger partial charge on any atom is -0.480 e. The van der Waals surface area contributed by atoms with E-state index >= 15 is 0 Å². The van der Waals surface area contributed by atoms with Crippen molar-refractivity contribution < 1.29 is 9.90 Å². The maximum atomic E-state index is 11.0. The largest absolute Gasteiger partial charge is 0.480 e. The Morgan fingerprint density at radius 2 is 2.16 bits per heavy atom. The van der Waals surface area contributed by atoms with Crippen molar-refractivity contribution in [1.29, 1.82) is 0 Å². The third kappa shape index (κ3) is 3.19. The van der Waals surface area contributed by atoms with E-state index in [2.05, 4.69) is 38.2 Å². The van der Waals surface area contributed by atoms with Crippen LogP contribution in [0, 0.1) is 0 Å². The van der Waals surface area contributed by atoms with Crippen LogP contribution < -0.4 is 10.2 Å². The highest BCUT2D eigenvalue weighted by Crippen LogP contribution is 2.33. The van der Waals surface area contributed by atoms with Gasteiger partial charge in [0.25, 0.3) is 0 Å². The van der Waals surface area contributed by atoms with Gasteiger partial charge in [-0.2, -0.15) is 0 Å². The lowest BCUT2D eigenvalue weighted by Crippen LogP contribution is -2.30. The molecule has 1 aromatic rings. The molecule has 0 radical (unpaired) electrons. The average molecular weight is 262 g/mol. The number of carboxylic acid groups (broad SMARTS) is 1. The van der Waals surface area contributed by atoms with Gasteiger partial charge in [-0.25, -0.2) is 0 Å². The van der Waals surface area contributed by atoms with Crippen molar-refractivity contribution in [1.82, 2.24) is 0 Å². The van der Waals surface area contributed by atoms with Crippen molar-refractivity contribution in [3.63, 3.8) is 0 Å². The summed E-state index contributed by atoms with van der Waals surface area (Å²) in [7, 11) is 0. The molecule has 2 rings (SSSR count). The van der Waals surface area contributed by atoms with Gasteiger partial charge in [0.05, 0.1) is 11.4 Å². The Bertz CT molecular complexity index is 478. The molecule has 0 bridgehead atoms. The molecule has 0 aliphatic carbocycles. The van der Waals surface area contributed by atoms with Gasteiger partial charge >= 0.3 is 5.97 Å². The number of benzene rings is 1. The first-order valence-corrected chi connectivity index (χ1v) is 6.73. The molecule has 1 heterocycles. The summed E-state index contributed by atoms with van der Waals surface area (Å²) < 4.78 is 0. The van der Waals surface area contributed by atoms with Gasteiger partial charge < -0.3 is 15.3 Å². The van der Waals surface area contributed by atoms with E-state index in [9.17, 15) is 4.79 Å². The summed E-state index contributed by atoms with van der Waals surface area (Å²) in [5.74, 6) is -0.784. The van der Waals surface area contributed by atoms with Crippen LogP contribution in [0.5, 0.6) is 0 Å². The summed E-state index contributed by atoms with van der Waals surface area (Å²) in [6.07, 6.45) is 0.951. The van der Waals surface area contributed by atoms with Gasteiger partial charge in [0.2, 0.25) is 0 Å². The smallest absolute Gasteiger partial charge is 0.323 e. The van der Waals surface area contributed by atoms with Gasteiger partial charge in [0, 0.05) is 13.1 Å². The van der Waals surface area contributed by atoms with Crippen molar-refractivity contribution in [2.75, 3.05) is 29.9 Å². The molecule has 2 N–H and O–H groups in total. The molecule has 104 valence electrons. The summed E-state index contributed by atoms with van der Waals surface area (Å²) in [5, 5.41) is 12.4. The number of fused-ring (bicyclic) bond motifs is 1. The van der Waals surface area contributed by atoms with Crippen LogP contribution in [0.15, 0.2) is 18.2 Å². The van der Waals surface area contributed by atoms with E-state index in [-0.39, 0.29) is 12.0 Å². The second-order valence-corrected chi connectivity index (χ2v) is 6.08. The van der Waals surface area contributed by atoms with Crippen molar-refractivity contribution in [2.24, 2.45) is 0 Å². The van der Waals surface area contributed by atoms with Crippen LogP contribution in [0.2, 0.25) is 0 Å². The first-order valence-electron chi connectivity index (χ1n) is 6.73. The fraction of sp³-hybridized carbons (Fsp3) is 0.533. The van der Waals surface area contributed by atoms with Crippen molar-refractivity contribution in [3.8, 4) is 0 Å². The molecule has 0 spiro atoms. The van der Waals surface area contributed by atoms with Crippen molar-refractivity contribution in [3.05, 3.63) is 23.8 Å². The Labute approximate surface area is 114 Å². The van der Waals surface area contributed by atoms with Gasteiger partial charge in [-0.05, 0) is 29.5 Å². The van der Waals surface area contributed by atoms with Crippen LogP contribution in [0.3, 0.4) is 0 Å². The first kappa shape index (κ1) is 13.7. The van der Waals surface area contributed by atoms with E-state index in [0.29, 0.717) is 0 Å². The van der Waals surface area contributed by atoms with Gasteiger partial charge in [0.1, 0.15) is 6.54 Å². The van der Waals surface area contributed by atoms with Crippen molar-refractivity contribution in [2.45, 2.75) is 32.6 Å². The average Bonchev–Trinajstić information content (AvgIpc) is 2.49. The monoisotopic (exact) mass is 262 g/mol. The number of hydrogen-bond donors (Lipinski definition) is 2. The van der Waals surface area contributed by atoms with Gasteiger partial charge in [-0.3, -0.25) is 4.79 Å². The Hall–Kier alpha value is -1.71. The Balaban J connectivity index is 2.37. The maximum absolute atomic E-state index is 11.0. The predicted molar refractivity (Wildman–Crippen MR) is 78.1 cm³/mol. The minimum atomic E-state index is -0.784. The zero-order valence-corrected chi connectivity index (χ0v) is 11.9. The zero-order valence-electron chi connectivity index (χ0n) is 11.9. The molecule has 1 aliphatic heterocycles. The molecule has 0 unspecified atom stereocenters. The Kier molecular flexibility index (Phi) is 3.69. The van der Waals surface area contributed by atoms with Crippen LogP contribution in [-0.2, 0) is 10.2 Å². The molecule has 4 nitrogen and oxygen atoms in total. The summed E-state index contributed by atoms with van der Waals surface area (Å²) in [4.78, 5) is 12.9. The fourth-order valence-electron chi connectivity index (χ4n) is 2.36. The second-order valence-electron chi connectivity index (χ2n) is 6.08. The molecule has 4 heteroatoms. The van der Waals surface area contributed by atoms with Crippen LogP contribution in [-0.4, -0.2) is 30.7 Å². The Morgan fingerprint density at radius 1 is 1.42 bits per heavy atom. The normalized spacial score (nSPS) is 15.4. The number of nitrogens with one attached hydrogen (secondary N) is 1. The number of aliphatic carboxylic acids is 1. The van der Waals surface area contributed by atoms with E-state index < -0.39 is 5.97 Å². The summed E-state index contributed by atoms with van der Waals surface area (Å²) in [6.45, 7) is 8.27. The highest BCUT2D eigenvalue weighted by atomic mass is 16.4. The lowest BCUT2D eigenvalue weighted by Gasteiger charge is -2.25. The molecule has 1 aromatic carbocycles. The molecule has 0 fully saturated rings. The molecule has 0 amide bonds. The number of anilines is 2. The van der Waals surface area contributed by atoms with Crippen LogP contribution in [0.1, 0.15) is 32.8 Å². The molecule has 0 saturated heterocycles. The standard InChI is InChI=1S/C15H22N2O2/c1-15(2,3)11-5-6-13-12(9-11)16-7-4-8-17(13)10-14(18)19/h5-6,9,16H,4,7-8,10H2,1-3H3,(H,18,19). The predicted octanol–water partition coefficient (Wildman–Crippen LogP) is 2.69. The number of nitrogens with zero attached hydrogens (tertiary/aromatic N) is 1. The van der Waals surface area contributed by atoms with Crippen LogP contribution >= 0.6 is 0 Å². The van der Waals surface area contributed by atoms with E-state index in [0.717, 1.165) is 30.9 Å². The molecule has 0 atom stereocenters. The highest BCUT2D eigenvalue weighted by molar-refractivity contribution is 5.79. The quantitative estimate of drug-likeness (QED) is 0.860. The number of rotatable bonds is 2. The third-order valence-corrected chi connectivity index (χ3v) is 3.45. The number of hydrogen-bond acceptors (Lipinski definition) is 3. The van der Waals surface area contributed by atoms with Gasteiger partial charge in [-0.1, -0.05) is 26.8 Å². The lowest BCUT2D eigenvalue weighted by molar-refractivity contribution is -0.135. The zero-order chi connectivity index (χ0) is 14.0. The summed E-state index contributed by atoms with van der Waals surface area (Å²) in [5.41, 5.74) is 3.40. The van der Waals surface area contributed by atoms with E-state index in [4.69, 9.17) is 5.11 Å². The topological polar surface area (TPSA) is 52.6 Å². The maximum Gasteiger partial charge on any atom is 0.323 e. The molecular formula is C15H22N2O2. The molecule has 0 saturated carbocycles. The fourth-order valence-corrected chi connectivity index (χ4v) is 2.36. The first-order chi connectivity index (χ1) is 8.88. The van der Waals surface area contributed by atoms with Crippen LogP contribution in [0.25, 0.3) is 0 Å². The highest BCUT2D eigenvalue weighted by Gasteiger charge is 2.20. The molecule has 0 aromatic heterocycles. The van der Waals surface area contributed by atoms with Gasteiger partial charge in [-0.15, -0.1) is 0 Å². The Morgan fingerprint density at radius 3 is 2.79 bits per heavy atom. The summed E-state index contributed by atoms with van der Waals surface area (Å²) in [6, 6.07) is 6.29. The molecular weight excluding hydrogens is 240 g/mol. The van der Waals surface area contributed by atoms with Gasteiger partial charge in [0.15, 0.2) is 0 Å². The van der Waals surface area contributed by atoms with E-state index in [1.54, 1.807) is 0 Å². The third-order valence-electron chi connectivity index (χ3n) is 3.45.